The molecule has 2 rings (SSSR count). The molecule has 1 aliphatic heterocycles. The van der Waals surface area contributed by atoms with E-state index in [-0.39, 0.29) is 11.8 Å². The fraction of sp³-hybridized carbons (Fsp3) is 0.500. The lowest BCUT2D eigenvalue weighted by Crippen LogP contribution is -2.34. The maximum Gasteiger partial charge on any atom is 0.238 e. The van der Waals surface area contributed by atoms with Gasteiger partial charge in [0.1, 0.15) is 0 Å². The predicted molar refractivity (Wildman–Crippen MR) is 84.4 cm³/mol. The Morgan fingerprint density at radius 1 is 1.43 bits per heavy atom. The average molecular weight is 289 g/mol. The lowest BCUT2D eigenvalue weighted by Gasteiger charge is -2.17. The van der Waals surface area contributed by atoms with Crippen molar-refractivity contribution in [2.75, 3.05) is 23.3 Å². The largest absolute Gasteiger partial charge is 0.325 e. The molecule has 1 unspecified atom stereocenters. The molecule has 1 atom stereocenters. The topological polar surface area (TPSA) is 61.4 Å². The van der Waals surface area contributed by atoms with E-state index in [0.717, 1.165) is 30.8 Å². The highest BCUT2D eigenvalue weighted by Crippen LogP contribution is 2.24. The van der Waals surface area contributed by atoms with Gasteiger partial charge in [-0.15, -0.1) is 0 Å². The van der Waals surface area contributed by atoms with Crippen LogP contribution in [0.3, 0.4) is 0 Å². The van der Waals surface area contributed by atoms with E-state index in [4.69, 9.17) is 0 Å². The van der Waals surface area contributed by atoms with Gasteiger partial charge in [0.2, 0.25) is 11.8 Å². The van der Waals surface area contributed by atoms with Crippen molar-refractivity contribution in [1.82, 2.24) is 5.32 Å². The van der Waals surface area contributed by atoms with E-state index in [2.05, 4.69) is 17.6 Å². The second kappa shape index (κ2) is 7.22. The molecule has 21 heavy (non-hydrogen) atoms. The molecule has 1 aromatic rings. The molecule has 1 aliphatic rings. The fourth-order valence-electron chi connectivity index (χ4n) is 2.29. The van der Waals surface area contributed by atoms with Gasteiger partial charge in [0.05, 0.1) is 6.54 Å². The van der Waals surface area contributed by atoms with Crippen LogP contribution in [0.25, 0.3) is 0 Å². The summed E-state index contributed by atoms with van der Waals surface area (Å²) in [6.45, 7) is 5.17. The van der Waals surface area contributed by atoms with Crippen LogP contribution in [0.15, 0.2) is 24.3 Å². The molecule has 0 saturated carbocycles. The Labute approximate surface area is 125 Å². The Morgan fingerprint density at radius 3 is 2.90 bits per heavy atom. The first-order valence-electron chi connectivity index (χ1n) is 7.54. The standard InChI is InChI=1S/C16H23N3O2/c1-3-12(2)17-11-15(20)18-13-6-4-7-14(10-13)19-9-5-8-16(19)21/h4,6-7,10,12,17H,3,5,8-9,11H2,1-2H3,(H,18,20). The third kappa shape index (κ3) is 4.29. The minimum atomic E-state index is -0.0693. The smallest absolute Gasteiger partial charge is 0.238 e. The molecule has 1 aromatic carbocycles. The van der Waals surface area contributed by atoms with Crippen LogP contribution in [0.2, 0.25) is 0 Å². The molecule has 5 heteroatoms. The van der Waals surface area contributed by atoms with Crippen molar-refractivity contribution in [2.45, 2.75) is 39.2 Å². The SMILES string of the molecule is CCC(C)NCC(=O)Nc1cccc(N2CCCC2=O)c1. The van der Waals surface area contributed by atoms with Crippen molar-refractivity contribution in [1.29, 1.82) is 0 Å². The third-order valence-corrected chi connectivity index (χ3v) is 3.74. The van der Waals surface area contributed by atoms with Crippen LogP contribution in [0.4, 0.5) is 11.4 Å². The molecule has 0 bridgehead atoms. The van der Waals surface area contributed by atoms with Gasteiger partial charge in [-0.05, 0) is 38.0 Å². The molecule has 2 amide bonds. The van der Waals surface area contributed by atoms with Gasteiger partial charge in [-0.1, -0.05) is 13.0 Å². The fourth-order valence-corrected chi connectivity index (χ4v) is 2.29. The number of anilines is 2. The Bertz CT molecular complexity index is 516. The van der Waals surface area contributed by atoms with Gasteiger partial charge >= 0.3 is 0 Å². The maximum absolute atomic E-state index is 11.9. The monoisotopic (exact) mass is 289 g/mol. The van der Waals surface area contributed by atoms with Crippen molar-refractivity contribution < 1.29 is 9.59 Å². The first-order chi connectivity index (χ1) is 10.1. The summed E-state index contributed by atoms with van der Waals surface area (Å²) in [4.78, 5) is 25.4. The molecule has 0 spiro atoms. The molecule has 1 saturated heterocycles. The average Bonchev–Trinajstić information content (AvgIpc) is 2.91. The molecule has 0 aromatic heterocycles. The van der Waals surface area contributed by atoms with Gasteiger partial charge in [-0.2, -0.15) is 0 Å². The van der Waals surface area contributed by atoms with E-state index < -0.39 is 0 Å². The first kappa shape index (κ1) is 15.5. The van der Waals surface area contributed by atoms with Gasteiger partial charge in [-0.3, -0.25) is 9.59 Å². The number of carbonyl (C=O) groups excluding carboxylic acids is 2. The minimum Gasteiger partial charge on any atom is -0.325 e. The Hall–Kier alpha value is -1.88. The lowest BCUT2D eigenvalue weighted by atomic mass is 10.2. The zero-order chi connectivity index (χ0) is 15.2. The van der Waals surface area contributed by atoms with E-state index in [0.29, 0.717) is 19.0 Å². The number of rotatable bonds is 6. The number of nitrogens with one attached hydrogen (secondary N) is 2. The molecule has 0 radical (unpaired) electrons. The zero-order valence-corrected chi connectivity index (χ0v) is 12.7. The lowest BCUT2D eigenvalue weighted by molar-refractivity contribution is -0.117. The summed E-state index contributed by atoms with van der Waals surface area (Å²) in [5.41, 5.74) is 1.58. The van der Waals surface area contributed by atoms with Crippen LogP contribution >= 0.6 is 0 Å². The van der Waals surface area contributed by atoms with Crippen molar-refractivity contribution in [3.05, 3.63) is 24.3 Å². The van der Waals surface area contributed by atoms with Crippen LogP contribution < -0.4 is 15.5 Å². The van der Waals surface area contributed by atoms with E-state index in [9.17, 15) is 9.59 Å². The normalized spacial score (nSPS) is 16.1. The van der Waals surface area contributed by atoms with E-state index in [1.54, 1.807) is 4.90 Å². The Morgan fingerprint density at radius 2 is 2.24 bits per heavy atom. The Kier molecular flexibility index (Phi) is 5.33. The second-order valence-electron chi connectivity index (χ2n) is 5.44. The summed E-state index contributed by atoms with van der Waals surface area (Å²) in [6, 6.07) is 7.77. The van der Waals surface area contributed by atoms with Gasteiger partial charge < -0.3 is 15.5 Å². The summed E-state index contributed by atoms with van der Waals surface area (Å²) >= 11 is 0. The maximum atomic E-state index is 11.9. The van der Waals surface area contributed by atoms with Gasteiger partial charge in [0.15, 0.2) is 0 Å². The highest BCUT2D eigenvalue weighted by atomic mass is 16.2. The van der Waals surface area contributed by atoms with Crippen LogP contribution in [0, 0.1) is 0 Å². The summed E-state index contributed by atoms with van der Waals surface area (Å²) in [6.07, 6.45) is 2.49. The van der Waals surface area contributed by atoms with Crippen LogP contribution in [-0.4, -0.2) is 30.9 Å². The number of nitrogens with zero attached hydrogens (tertiary/aromatic N) is 1. The molecular weight excluding hydrogens is 266 g/mol. The van der Waals surface area contributed by atoms with E-state index >= 15 is 0 Å². The van der Waals surface area contributed by atoms with Crippen molar-refractivity contribution >= 4 is 23.2 Å². The second-order valence-corrected chi connectivity index (χ2v) is 5.44. The van der Waals surface area contributed by atoms with E-state index in [1.165, 1.54) is 0 Å². The number of hydrogen-bond acceptors (Lipinski definition) is 3. The van der Waals surface area contributed by atoms with Gasteiger partial charge in [0.25, 0.3) is 0 Å². The molecule has 1 fully saturated rings. The molecular formula is C16H23N3O2. The first-order valence-corrected chi connectivity index (χ1v) is 7.54. The highest BCUT2D eigenvalue weighted by molar-refractivity contribution is 5.97. The quantitative estimate of drug-likeness (QED) is 0.843. The number of amides is 2. The molecule has 0 aliphatic carbocycles. The third-order valence-electron chi connectivity index (χ3n) is 3.74. The summed E-state index contributed by atoms with van der Waals surface area (Å²) < 4.78 is 0. The summed E-state index contributed by atoms with van der Waals surface area (Å²) in [7, 11) is 0. The number of carbonyl (C=O) groups is 2. The summed E-state index contributed by atoms with van der Waals surface area (Å²) in [5, 5.41) is 6.01. The summed E-state index contributed by atoms with van der Waals surface area (Å²) in [5.74, 6) is 0.0807. The zero-order valence-electron chi connectivity index (χ0n) is 12.7. The van der Waals surface area contributed by atoms with E-state index in [1.807, 2.05) is 31.2 Å². The van der Waals surface area contributed by atoms with Gasteiger partial charge in [-0.25, -0.2) is 0 Å². The van der Waals surface area contributed by atoms with Crippen molar-refractivity contribution in [3.8, 4) is 0 Å². The molecule has 114 valence electrons. The molecule has 2 N–H and O–H groups in total. The van der Waals surface area contributed by atoms with Crippen LogP contribution in [0.1, 0.15) is 33.1 Å². The molecule has 5 nitrogen and oxygen atoms in total. The highest BCUT2D eigenvalue weighted by Gasteiger charge is 2.21. The number of benzene rings is 1. The number of hydrogen-bond donors (Lipinski definition) is 2. The predicted octanol–water partition coefficient (Wildman–Crippen LogP) is 2.14. The van der Waals surface area contributed by atoms with Crippen LogP contribution in [0.5, 0.6) is 0 Å². The van der Waals surface area contributed by atoms with Gasteiger partial charge in [0, 0.05) is 30.4 Å². The van der Waals surface area contributed by atoms with Crippen molar-refractivity contribution in [3.63, 3.8) is 0 Å². The Balaban J connectivity index is 1.94. The van der Waals surface area contributed by atoms with Crippen molar-refractivity contribution in [2.24, 2.45) is 0 Å². The minimum absolute atomic E-state index is 0.0693. The van der Waals surface area contributed by atoms with Crippen LogP contribution in [-0.2, 0) is 9.59 Å². The molecule has 1 heterocycles.